The summed E-state index contributed by atoms with van der Waals surface area (Å²) in [5.41, 5.74) is 4.37. The zero-order valence-corrected chi connectivity index (χ0v) is 10.7. The molecule has 0 amide bonds. The molecule has 2 aromatic heterocycles. The van der Waals surface area contributed by atoms with Crippen LogP contribution in [0.25, 0.3) is 11.2 Å². The van der Waals surface area contributed by atoms with E-state index < -0.39 is 24.5 Å². The van der Waals surface area contributed by atoms with Crippen molar-refractivity contribution in [2.45, 2.75) is 17.9 Å². The molecule has 1 fully saturated rings. The van der Waals surface area contributed by atoms with E-state index in [1.165, 1.54) is 17.2 Å². The van der Waals surface area contributed by atoms with Gasteiger partial charge in [0, 0.05) is 0 Å². The van der Waals surface area contributed by atoms with Crippen LogP contribution in [0.3, 0.4) is 0 Å². The Morgan fingerprint density at radius 3 is 2.76 bits per heavy atom. The molecule has 112 valence electrons. The maximum absolute atomic E-state index is 10.2. The first kappa shape index (κ1) is 13.5. The first-order chi connectivity index (χ1) is 10.0. The van der Waals surface area contributed by atoms with Crippen LogP contribution in [0.15, 0.2) is 24.7 Å². The van der Waals surface area contributed by atoms with Gasteiger partial charge in [-0.15, -0.1) is 0 Å². The van der Waals surface area contributed by atoms with Gasteiger partial charge in [-0.05, 0) is 0 Å². The topological polar surface area (TPSA) is 160 Å². The second kappa shape index (κ2) is 4.55. The lowest BCUT2D eigenvalue weighted by Crippen LogP contribution is -2.48. The minimum atomic E-state index is -1.77. The summed E-state index contributed by atoms with van der Waals surface area (Å²) in [6.07, 6.45) is -0.0782. The van der Waals surface area contributed by atoms with Gasteiger partial charge < -0.3 is 30.9 Å². The first-order valence-corrected chi connectivity index (χ1v) is 5.99. The van der Waals surface area contributed by atoms with Crippen molar-refractivity contribution in [1.82, 2.24) is 19.5 Å². The third-order valence-electron chi connectivity index (χ3n) is 3.47. The molecule has 0 unspecified atom stereocenters. The highest BCUT2D eigenvalue weighted by atomic mass is 16.6. The fraction of sp³-hybridized carbons (Fsp3) is 0.364. The van der Waals surface area contributed by atoms with Crippen LogP contribution in [0.1, 0.15) is 0 Å². The van der Waals surface area contributed by atoms with Crippen molar-refractivity contribution in [3.63, 3.8) is 0 Å². The summed E-state index contributed by atoms with van der Waals surface area (Å²) in [7, 11) is 0. The van der Waals surface area contributed by atoms with Gasteiger partial charge in [-0.25, -0.2) is 15.0 Å². The van der Waals surface area contributed by atoms with Gasteiger partial charge in [0.2, 0.25) is 5.72 Å². The van der Waals surface area contributed by atoms with Crippen molar-refractivity contribution in [2.75, 3.05) is 12.3 Å². The number of nitrogen functional groups attached to an aromatic ring is 1. The summed E-state index contributed by atoms with van der Waals surface area (Å²) in [5, 5.41) is 38.8. The molecule has 3 rings (SSSR count). The molecule has 1 saturated heterocycles. The van der Waals surface area contributed by atoms with Crippen molar-refractivity contribution in [1.29, 1.82) is 0 Å². The predicted molar refractivity (Wildman–Crippen MR) is 68.6 cm³/mol. The molecule has 2 aromatic rings. The van der Waals surface area contributed by atoms with Crippen molar-refractivity contribution >= 4 is 17.0 Å². The third kappa shape index (κ3) is 1.67. The minimum absolute atomic E-state index is 0.123. The lowest BCUT2D eigenvalue weighted by Gasteiger charge is -2.30. The Balaban J connectivity index is 2.22. The second-order valence-electron chi connectivity index (χ2n) is 4.57. The Labute approximate surface area is 117 Å². The highest BCUT2D eigenvalue weighted by Gasteiger charge is 2.55. The standard InChI is InChI=1S/C11H13N5O5/c12-9-6-10(14-3-13-9)16(4-15-6)11(2-18)8(20)7(19)5(1-17)21-11/h1,3-4,7-8,17-20H,2H2,(H2,12,13,14)/t7-,8-,11-/m1/s1. The van der Waals surface area contributed by atoms with E-state index in [2.05, 4.69) is 15.0 Å². The van der Waals surface area contributed by atoms with Gasteiger partial charge in [0.1, 0.15) is 43.2 Å². The van der Waals surface area contributed by atoms with Crippen molar-refractivity contribution in [2.24, 2.45) is 0 Å². The maximum Gasteiger partial charge on any atom is 0.241 e. The molecule has 3 atom stereocenters. The Morgan fingerprint density at radius 2 is 2.14 bits per heavy atom. The number of hydrogen-bond acceptors (Lipinski definition) is 9. The lowest BCUT2D eigenvalue weighted by atomic mass is 10.0. The van der Waals surface area contributed by atoms with Crippen LogP contribution in [0.2, 0.25) is 0 Å². The Bertz CT molecular complexity index is 716. The third-order valence-corrected chi connectivity index (χ3v) is 3.47. The molecule has 0 aliphatic carbocycles. The van der Waals surface area contributed by atoms with Crippen molar-refractivity contribution in [3.05, 3.63) is 24.7 Å². The molecule has 0 bridgehead atoms. The summed E-state index contributed by atoms with van der Waals surface area (Å²) < 4.78 is 6.59. The summed E-state index contributed by atoms with van der Waals surface area (Å²) >= 11 is 0. The van der Waals surface area contributed by atoms with Gasteiger partial charge in [-0.2, -0.15) is 0 Å². The molecule has 1 aliphatic rings. The van der Waals surface area contributed by atoms with Gasteiger partial charge >= 0.3 is 0 Å². The van der Waals surface area contributed by atoms with E-state index in [-0.39, 0.29) is 22.7 Å². The van der Waals surface area contributed by atoms with E-state index in [4.69, 9.17) is 15.6 Å². The van der Waals surface area contributed by atoms with E-state index in [0.29, 0.717) is 6.26 Å². The van der Waals surface area contributed by atoms with Crippen LogP contribution in [-0.2, 0) is 10.5 Å². The fourth-order valence-corrected chi connectivity index (χ4v) is 2.35. The quantitative estimate of drug-likeness (QED) is 0.403. The summed E-state index contributed by atoms with van der Waals surface area (Å²) in [6.45, 7) is -0.696. The Kier molecular flexibility index (Phi) is 2.93. The van der Waals surface area contributed by atoms with Gasteiger partial charge in [-0.1, -0.05) is 0 Å². The molecule has 0 spiro atoms. The van der Waals surface area contributed by atoms with Crippen molar-refractivity contribution < 1.29 is 25.2 Å². The average molecular weight is 295 g/mol. The number of rotatable bonds is 2. The number of aliphatic hydroxyl groups is 4. The van der Waals surface area contributed by atoms with Gasteiger partial charge in [-0.3, -0.25) is 4.57 Å². The predicted octanol–water partition coefficient (Wildman–Crippen LogP) is -1.79. The Hall–Kier alpha value is -2.43. The molecule has 1 aliphatic heterocycles. The van der Waals surface area contributed by atoms with E-state index in [1.807, 2.05) is 0 Å². The smallest absolute Gasteiger partial charge is 0.241 e. The Morgan fingerprint density at radius 1 is 1.38 bits per heavy atom. The molecular formula is C11H13N5O5. The largest absolute Gasteiger partial charge is 0.512 e. The van der Waals surface area contributed by atoms with Crippen LogP contribution in [0.4, 0.5) is 5.82 Å². The minimum Gasteiger partial charge on any atom is -0.512 e. The maximum atomic E-state index is 10.2. The number of aromatic nitrogens is 4. The molecule has 0 aromatic carbocycles. The zero-order chi connectivity index (χ0) is 15.2. The lowest BCUT2D eigenvalue weighted by molar-refractivity contribution is -0.140. The number of nitrogens with zero attached hydrogens (tertiary/aromatic N) is 4. The number of hydrogen-bond donors (Lipinski definition) is 5. The molecule has 3 heterocycles. The number of nitrogens with two attached hydrogens (primary N) is 1. The van der Waals surface area contributed by atoms with Crippen molar-refractivity contribution in [3.8, 4) is 0 Å². The number of aliphatic hydroxyl groups excluding tert-OH is 4. The van der Waals surface area contributed by atoms with Crippen LogP contribution < -0.4 is 5.73 Å². The summed E-state index contributed by atoms with van der Waals surface area (Å²) in [6, 6.07) is 0. The first-order valence-electron chi connectivity index (χ1n) is 5.99. The number of ether oxygens (including phenoxy) is 1. The monoisotopic (exact) mass is 295 g/mol. The van der Waals surface area contributed by atoms with Gasteiger partial charge in [0.15, 0.2) is 17.2 Å². The number of anilines is 1. The van der Waals surface area contributed by atoms with E-state index in [0.717, 1.165) is 0 Å². The van der Waals surface area contributed by atoms with Gasteiger partial charge in [0.25, 0.3) is 0 Å². The van der Waals surface area contributed by atoms with Crippen LogP contribution in [-0.4, -0.2) is 58.8 Å². The molecule has 21 heavy (non-hydrogen) atoms. The molecular weight excluding hydrogens is 282 g/mol. The molecule has 0 radical (unpaired) electrons. The fourth-order valence-electron chi connectivity index (χ4n) is 2.35. The summed E-state index contributed by atoms with van der Waals surface area (Å²) in [5.74, 6) is -0.154. The van der Waals surface area contributed by atoms with E-state index in [1.54, 1.807) is 0 Å². The number of imidazole rings is 1. The summed E-state index contributed by atoms with van der Waals surface area (Å²) in [4.78, 5) is 11.8. The second-order valence-corrected chi connectivity index (χ2v) is 4.57. The van der Waals surface area contributed by atoms with Crippen LogP contribution >= 0.6 is 0 Å². The van der Waals surface area contributed by atoms with E-state index >= 15 is 0 Å². The molecule has 6 N–H and O–H groups in total. The van der Waals surface area contributed by atoms with Crippen LogP contribution in [0, 0.1) is 0 Å². The SMILES string of the molecule is Nc1ncnc2c1ncn2[C@]1(CO)OC(=CO)[C@@H](O)[C@H]1O. The molecule has 10 heteroatoms. The van der Waals surface area contributed by atoms with Crippen LogP contribution in [0.5, 0.6) is 0 Å². The normalized spacial score (nSPS) is 30.9. The highest BCUT2D eigenvalue weighted by Crippen LogP contribution is 2.39. The molecule has 10 nitrogen and oxygen atoms in total. The molecule has 0 saturated carbocycles. The van der Waals surface area contributed by atoms with E-state index in [9.17, 15) is 15.3 Å². The zero-order valence-electron chi connectivity index (χ0n) is 10.7. The highest BCUT2D eigenvalue weighted by molar-refractivity contribution is 5.81. The number of fused-ring (bicyclic) bond motifs is 1. The van der Waals surface area contributed by atoms with Gasteiger partial charge in [0.05, 0.1) is 0 Å². The average Bonchev–Trinajstić information content (AvgIpc) is 3.03.